The first kappa shape index (κ1) is 16.5. The summed E-state index contributed by atoms with van der Waals surface area (Å²) in [5.74, 6) is 0. The van der Waals surface area contributed by atoms with Gasteiger partial charge in [0.1, 0.15) is 5.02 Å². The number of hydrogen-bond acceptors (Lipinski definition) is 4. The lowest BCUT2D eigenvalue weighted by Crippen LogP contribution is -2.07. The summed E-state index contributed by atoms with van der Waals surface area (Å²) in [6.45, 7) is 5.29. The molecule has 0 saturated heterocycles. The van der Waals surface area contributed by atoms with Gasteiger partial charge >= 0.3 is 0 Å². The van der Waals surface area contributed by atoms with E-state index in [4.69, 9.17) is 11.6 Å². The van der Waals surface area contributed by atoms with Crippen LogP contribution >= 0.6 is 11.6 Å². The third kappa shape index (κ3) is 2.84. The van der Waals surface area contributed by atoms with E-state index >= 15 is 0 Å². The Morgan fingerprint density at radius 2 is 1.59 bits per heavy atom. The first-order valence-electron chi connectivity index (χ1n) is 6.41. The molecule has 0 atom stereocenters. The first-order valence-corrected chi connectivity index (χ1v) is 8.27. The molecule has 0 spiro atoms. The van der Waals surface area contributed by atoms with Gasteiger partial charge in [-0.05, 0) is 44.0 Å². The van der Waals surface area contributed by atoms with Gasteiger partial charge in [-0.1, -0.05) is 29.3 Å². The van der Waals surface area contributed by atoms with Crippen molar-refractivity contribution in [3.63, 3.8) is 0 Å². The Morgan fingerprint density at radius 3 is 2.09 bits per heavy atom. The number of benzene rings is 2. The molecule has 0 fully saturated rings. The maximum atomic E-state index is 12.8. The summed E-state index contributed by atoms with van der Waals surface area (Å²) < 4.78 is 25.6. The maximum absolute atomic E-state index is 12.8. The third-order valence-electron chi connectivity index (χ3n) is 3.30. The second kappa shape index (κ2) is 5.70. The predicted octanol–water partition coefficient (Wildman–Crippen LogP) is 4.01. The molecule has 0 aliphatic heterocycles. The average molecular weight is 340 g/mol. The van der Waals surface area contributed by atoms with Crippen molar-refractivity contribution in [1.29, 1.82) is 0 Å². The number of aryl methyl sites for hydroxylation is 3. The standard InChI is InChI=1S/C15H14ClNO4S/c1-9-6-10(2)15(11(3)7-9)22(20,21)12-4-5-13(16)14(8-12)17(18)19/h4-8H,1-3H3. The molecule has 5 nitrogen and oxygen atoms in total. The van der Waals surface area contributed by atoms with E-state index in [0.717, 1.165) is 11.6 Å². The Kier molecular flexibility index (Phi) is 4.26. The Balaban J connectivity index is 2.72. The van der Waals surface area contributed by atoms with Gasteiger partial charge in [-0.3, -0.25) is 10.1 Å². The number of nitrogens with zero attached hydrogens (tertiary/aromatic N) is 1. The molecule has 0 heterocycles. The van der Waals surface area contributed by atoms with Gasteiger partial charge in [0.2, 0.25) is 9.84 Å². The number of nitro benzene ring substituents is 1. The SMILES string of the molecule is Cc1cc(C)c(S(=O)(=O)c2ccc(Cl)c([N+](=O)[O-])c2)c(C)c1. The van der Waals surface area contributed by atoms with Crippen molar-refractivity contribution in [2.24, 2.45) is 0 Å². The minimum absolute atomic E-state index is 0.0960. The predicted molar refractivity (Wildman–Crippen MR) is 84.2 cm³/mol. The molecule has 0 aliphatic rings. The van der Waals surface area contributed by atoms with Crippen molar-refractivity contribution in [3.05, 3.63) is 62.2 Å². The highest BCUT2D eigenvalue weighted by atomic mass is 35.5. The maximum Gasteiger partial charge on any atom is 0.289 e. The zero-order valence-corrected chi connectivity index (χ0v) is 13.8. The molecule has 0 amide bonds. The van der Waals surface area contributed by atoms with E-state index < -0.39 is 20.4 Å². The first-order chi connectivity index (χ1) is 10.1. The number of rotatable bonds is 3. The summed E-state index contributed by atoms with van der Waals surface area (Å²) in [5, 5.41) is 10.8. The molecule has 2 rings (SSSR count). The average Bonchev–Trinajstić information content (AvgIpc) is 2.36. The van der Waals surface area contributed by atoms with Crippen LogP contribution < -0.4 is 0 Å². The quantitative estimate of drug-likeness (QED) is 0.625. The molecule has 0 unspecified atom stereocenters. The third-order valence-corrected chi connectivity index (χ3v) is 5.67. The molecule has 0 saturated carbocycles. The summed E-state index contributed by atoms with van der Waals surface area (Å²) in [7, 11) is -3.85. The van der Waals surface area contributed by atoms with Gasteiger partial charge < -0.3 is 0 Å². The molecule has 2 aromatic carbocycles. The van der Waals surface area contributed by atoms with Crippen LogP contribution in [0.2, 0.25) is 5.02 Å². The van der Waals surface area contributed by atoms with Crippen LogP contribution in [0.3, 0.4) is 0 Å². The van der Waals surface area contributed by atoms with Crippen LogP contribution in [0.4, 0.5) is 5.69 Å². The van der Waals surface area contributed by atoms with E-state index in [1.165, 1.54) is 12.1 Å². The van der Waals surface area contributed by atoms with E-state index in [1.807, 2.05) is 6.92 Å². The summed E-state index contributed by atoms with van der Waals surface area (Å²) in [6, 6.07) is 7.04. The topological polar surface area (TPSA) is 77.3 Å². The molecule has 2 aromatic rings. The lowest BCUT2D eigenvalue weighted by atomic mass is 10.1. The number of halogens is 1. The van der Waals surface area contributed by atoms with Crippen LogP contribution in [0.1, 0.15) is 16.7 Å². The fourth-order valence-corrected chi connectivity index (χ4v) is 4.41. The van der Waals surface area contributed by atoms with Crippen molar-refractivity contribution in [2.45, 2.75) is 30.6 Å². The van der Waals surface area contributed by atoms with Crippen LogP contribution in [0.15, 0.2) is 40.1 Å². The monoisotopic (exact) mass is 339 g/mol. The summed E-state index contributed by atoms with van der Waals surface area (Å²) in [5.41, 5.74) is 1.74. The van der Waals surface area contributed by atoms with E-state index in [2.05, 4.69) is 0 Å². The fraction of sp³-hybridized carbons (Fsp3) is 0.200. The second-order valence-electron chi connectivity index (χ2n) is 5.10. The molecule has 22 heavy (non-hydrogen) atoms. The highest BCUT2D eigenvalue weighted by Gasteiger charge is 2.25. The fourth-order valence-electron chi connectivity index (χ4n) is 2.51. The lowest BCUT2D eigenvalue weighted by molar-refractivity contribution is -0.384. The molecule has 0 aliphatic carbocycles. The van der Waals surface area contributed by atoms with Crippen molar-refractivity contribution >= 4 is 27.1 Å². The van der Waals surface area contributed by atoms with E-state index in [9.17, 15) is 18.5 Å². The number of sulfone groups is 1. The Morgan fingerprint density at radius 1 is 1.05 bits per heavy atom. The molecule has 0 N–H and O–H groups in total. The van der Waals surface area contributed by atoms with E-state index in [-0.39, 0.29) is 14.8 Å². The molecular weight excluding hydrogens is 326 g/mol. The highest BCUT2D eigenvalue weighted by molar-refractivity contribution is 7.91. The smallest absolute Gasteiger partial charge is 0.258 e. The highest BCUT2D eigenvalue weighted by Crippen LogP contribution is 2.32. The molecular formula is C15H14ClNO4S. The van der Waals surface area contributed by atoms with Gasteiger partial charge in [0.05, 0.1) is 14.7 Å². The second-order valence-corrected chi connectivity index (χ2v) is 7.40. The van der Waals surface area contributed by atoms with Crippen molar-refractivity contribution in [2.75, 3.05) is 0 Å². The van der Waals surface area contributed by atoms with Crippen molar-refractivity contribution < 1.29 is 13.3 Å². The van der Waals surface area contributed by atoms with E-state index in [0.29, 0.717) is 11.1 Å². The van der Waals surface area contributed by atoms with Gasteiger partial charge in [-0.2, -0.15) is 0 Å². The molecule has 7 heteroatoms. The summed E-state index contributed by atoms with van der Waals surface area (Å²) >= 11 is 5.73. The number of hydrogen-bond donors (Lipinski definition) is 0. The van der Waals surface area contributed by atoms with Gasteiger partial charge in [0.15, 0.2) is 0 Å². The van der Waals surface area contributed by atoms with Crippen molar-refractivity contribution in [3.8, 4) is 0 Å². The summed E-state index contributed by atoms with van der Waals surface area (Å²) in [4.78, 5) is 10.3. The molecule has 0 radical (unpaired) electrons. The molecule has 116 valence electrons. The van der Waals surface area contributed by atoms with Crippen LogP contribution in [0.25, 0.3) is 0 Å². The van der Waals surface area contributed by atoms with Crippen LogP contribution in [0.5, 0.6) is 0 Å². The number of nitro groups is 1. The minimum Gasteiger partial charge on any atom is -0.258 e. The van der Waals surface area contributed by atoms with Crippen LogP contribution in [-0.2, 0) is 9.84 Å². The van der Waals surface area contributed by atoms with Crippen LogP contribution in [-0.4, -0.2) is 13.3 Å². The Hall–Kier alpha value is -1.92. The zero-order chi connectivity index (χ0) is 16.7. The van der Waals surface area contributed by atoms with Gasteiger partial charge in [-0.15, -0.1) is 0 Å². The van der Waals surface area contributed by atoms with E-state index in [1.54, 1.807) is 26.0 Å². The normalized spacial score (nSPS) is 11.5. The minimum atomic E-state index is -3.85. The van der Waals surface area contributed by atoms with Crippen molar-refractivity contribution in [1.82, 2.24) is 0 Å². The summed E-state index contributed by atoms with van der Waals surface area (Å²) in [6.07, 6.45) is 0. The van der Waals surface area contributed by atoms with Gasteiger partial charge in [0.25, 0.3) is 5.69 Å². The lowest BCUT2D eigenvalue weighted by Gasteiger charge is -2.12. The molecule has 0 bridgehead atoms. The Labute approximate surface area is 133 Å². The Bertz CT molecular complexity index is 852. The van der Waals surface area contributed by atoms with Gasteiger partial charge in [0, 0.05) is 6.07 Å². The van der Waals surface area contributed by atoms with Crippen LogP contribution in [0, 0.1) is 30.9 Å². The largest absolute Gasteiger partial charge is 0.289 e. The molecule has 0 aromatic heterocycles. The van der Waals surface area contributed by atoms with Gasteiger partial charge in [-0.25, -0.2) is 8.42 Å². The zero-order valence-electron chi connectivity index (χ0n) is 12.3.